The van der Waals surface area contributed by atoms with E-state index in [0.717, 1.165) is 5.75 Å². The van der Waals surface area contributed by atoms with Crippen LogP contribution in [0.2, 0.25) is 5.02 Å². The highest BCUT2D eigenvalue weighted by atomic mass is 35.5. The number of methoxy groups -OCH3 is 1. The van der Waals surface area contributed by atoms with Crippen molar-refractivity contribution in [1.82, 2.24) is 0 Å². The van der Waals surface area contributed by atoms with E-state index in [2.05, 4.69) is 5.32 Å². The Kier molecular flexibility index (Phi) is 7.37. The number of hydrogen-bond donors (Lipinski definition) is 1. The summed E-state index contributed by atoms with van der Waals surface area (Å²) in [5, 5.41) is 2.84. The predicted octanol–water partition coefficient (Wildman–Crippen LogP) is 5.38. The maximum atomic E-state index is 13.3. The Morgan fingerprint density at radius 3 is 2.50 bits per heavy atom. The smallest absolute Gasteiger partial charge is 0.255 e. The van der Waals surface area contributed by atoms with Gasteiger partial charge in [-0.3, -0.25) is 4.79 Å². The molecule has 0 aliphatic heterocycles. The fourth-order valence-electron chi connectivity index (χ4n) is 2.15. The van der Waals surface area contributed by atoms with Crippen LogP contribution in [0.5, 0.6) is 0 Å². The van der Waals surface area contributed by atoms with Crippen LogP contribution in [0, 0.1) is 23.4 Å². The van der Waals surface area contributed by atoms with Gasteiger partial charge >= 0.3 is 0 Å². The zero-order valence-corrected chi connectivity index (χ0v) is 15.7. The van der Waals surface area contributed by atoms with Gasteiger partial charge in [0.15, 0.2) is 17.5 Å². The Labute approximate surface area is 158 Å². The highest BCUT2D eigenvalue weighted by molar-refractivity contribution is 7.99. The fraction of sp³-hybridized carbons (Fsp3) is 0.278. The number of nitrogens with one attached hydrogen (secondary N) is 1. The molecule has 1 N–H and O–H groups in total. The average Bonchev–Trinajstić information content (AvgIpc) is 2.59. The molecule has 0 saturated heterocycles. The summed E-state index contributed by atoms with van der Waals surface area (Å²) in [7, 11) is 1.63. The van der Waals surface area contributed by atoms with Gasteiger partial charge in [-0.2, -0.15) is 0 Å². The van der Waals surface area contributed by atoms with E-state index in [1.54, 1.807) is 19.2 Å². The second-order valence-corrected chi connectivity index (χ2v) is 7.19. The molecule has 3 nitrogen and oxygen atoms in total. The quantitative estimate of drug-likeness (QED) is 0.498. The second kappa shape index (κ2) is 9.30. The van der Waals surface area contributed by atoms with Crippen molar-refractivity contribution >= 4 is 35.0 Å². The lowest BCUT2D eigenvalue weighted by molar-refractivity contribution is 0.102. The number of ether oxygens (including phenoxy) is 1. The molecular weight excluding hydrogens is 387 g/mol. The molecule has 0 saturated carbocycles. The van der Waals surface area contributed by atoms with Crippen LogP contribution in [0.1, 0.15) is 17.3 Å². The molecule has 0 heterocycles. The average molecular weight is 404 g/mol. The van der Waals surface area contributed by atoms with Crippen LogP contribution in [0.3, 0.4) is 0 Å². The van der Waals surface area contributed by atoms with Crippen molar-refractivity contribution in [3.63, 3.8) is 0 Å². The topological polar surface area (TPSA) is 38.3 Å². The van der Waals surface area contributed by atoms with Crippen molar-refractivity contribution in [2.45, 2.75) is 11.8 Å². The summed E-state index contributed by atoms with van der Waals surface area (Å²) in [6.07, 6.45) is 0. The first-order chi connectivity index (χ1) is 12.3. The van der Waals surface area contributed by atoms with Crippen molar-refractivity contribution < 1.29 is 22.7 Å². The van der Waals surface area contributed by atoms with Crippen LogP contribution < -0.4 is 5.32 Å². The molecule has 140 valence electrons. The van der Waals surface area contributed by atoms with Gasteiger partial charge in [0.2, 0.25) is 0 Å². The normalized spacial score (nSPS) is 12.1. The van der Waals surface area contributed by atoms with Crippen molar-refractivity contribution in [3.05, 3.63) is 58.4 Å². The number of carbonyl (C=O) groups excluding carboxylic acids is 1. The van der Waals surface area contributed by atoms with Crippen LogP contribution in [0.4, 0.5) is 18.9 Å². The van der Waals surface area contributed by atoms with Crippen molar-refractivity contribution in [1.29, 1.82) is 0 Å². The van der Waals surface area contributed by atoms with Gasteiger partial charge in [0.25, 0.3) is 5.91 Å². The summed E-state index contributed by atoms with van der Waals surface area (Å²) in [5.74, 6) is -3.88. The Balaban J connectivity index is 2.13. The lowest BCUT2D eigenvalue weighted by atomic mass is 10.2. The van der Waals surface area contributed by atoms with Crippen LogP contribution in [0.25, 0.3) is 0 Å². The molecule has 0 radical (unpaired) electrons. The van der Waals surface area contributed by atoms with E-state index in [9.17, 15) is 18.0 Å². The van der Waals surface area contributed by atoms with Crippen LogP contribution in [-0.4, -0.2) is 25.4 Å². The Morgan fingerprint density at radius 2 is 1.88 bits per heavy atom. The van der Waals surface area contributed by atoms with E-state index in [1.165, 1.54) is 17.8 Å². The summed E-state index contributed by atoms with van der Waals surface area (Å²) in [4.78, 5) is 13.0. The van der Waals surface area contributed by atoms with Crippen molar-refractivity contribution in [2.24, 2.45) is 5.92 Å². The molecule has 0 aliphatic rings. The summed E-state index contributed by atoms with van der Waals surface area (Å²) in [5.41, 5.74) is 0.0886. The summed E-state index contributed by atoms with van der Waals surface area (Å²) in [6, 6.07) is 6.10. The first-order valence-corrected chi connectivity index (χ1v) is 9.05. The highest BCUT2D eigenvalue weighted by Crippen LogP contribution is 2.30. The number of thioether (sulfide) groups is 1. The number of hydrogen-bond acceptors (Lipinski definition) is 3. The van der Waals surface area contributed by atoms with Gasteiger partial charge in [0.05, 0.1) is 5.02 Å². The molecule has 1 unspecified atom stereocenters. The Bertz CT molecular complexity index is 781. The Morgan fingerprint density at radius 1 is 1.23 bits per heavy atom. The van der Waals surface area contributed by atoms with Crippen LogP contribution in [-0.2, 0) is 4.74 Å². The van der Waals surface area contributed by atoms with Gasteiger partial charge in [-0.25, -0.2) is 13.2 Å². The van der Waals surface area contributed by atoms with Crippen molar-refractivity contribution in [3.8, 4) is 0 Å². The minimum atomic E-state index is -1.58. The van der Waals surface area contributed by atoms with Crippen LogP contribution in [0.15, 0.2) is 35.2 Å². The molecule has 2 rings (SSSR count). The van der Waals surface area contributed by atoms with Gasteiger partial charge in [0.1, 0.15) is 0 Å². The fourth-order valence-corrected chi connectivity index (χ4v) is 3.41. The standard InChI is InChI=1S/C18H17ClF3NO2S/c1-10(8-25-2)9-26-16-5-11(3-4-13(16)19)18(24)23-12-6-14(20)17(22)15(21)7-12/h3-7,10H,8-9H2,1-2H3,(H,23,24). The third-order valence-electron chi connectivity index (χ3n) is 3.41. The van der Waals surface area contributed by atoms with E-state index < -0.39 is 23.4 Å². The zero-order valence-electron chi connectivity index (χ0n) is 14.1. The third-order valence-corrected chi connectivity index (χ3v) is 5.24. The molecule has 0 fully saturated rings. The van der Waals surface area contributed by atoms with Crippen molar-refractivity contribution in [2.75, 3.05) is 24.8 Å². The molecule has 1 atom stereocenters. The van der Waals surface area contributed by atoms with E-state index in [1.807, 2.05) is 6.92 Å². The van der Waals surface area contributed by atoms with Gasteiger partial charge in [-0.15, -0.1) is 11.8 Å². The van der Waals surface area contributed by atoms with E-state index >= 15 is 0 Å². The minimum Gasteiger partial charge on any atom is -0.384 e. The zero-order chi connectivity index (χ0) is 19.3. The lowest BCUT2D eigenvalue weighted by Crippen LogP contribution is -2.13. The number of halogens is 4. The van der Waals surface area contributed by atoms with Gasteiger partial charge in [-0.1, -0.05) is 18.5 Å². The van der Waals surface area contributed by atoms with E-state index in [0.29, 0.717) is 34.6 Å². The number of anilines is 1. The number of amides is 1. The third kappa shape index (κ3) is 5.40. The summed E-state index contributed by atoms with van der Waals surface area (Å²) < 4.78 is 44.6. The molecule has 0 spiro atoms. The van der Waals surface area contributed by atoms with Gasteiger partial charge < -0.3 is 10.1 Å². The summed E-state index contributed by atoms with van der Waals surface area (Å²) >= 11 is 7.63. The monoisotopic (exact) mass is 403 g/mol. The van der Waals surface area contributed by atoms with Crippen LogP contribution >= 0.6 is 23.4 Å². The first-order valence-electron chi connectivity index (χ1n) is 7.69. The molecule has 0 aliphatic carbocycles. The molecule has 26 heavy (non-hydrogen) atoms. The largest absolute Gasteiger partial charge is 0.384 e. The molecular formula is C18H17ClF3NO2S. The molecule has 8 heteroatoms. The maximum Gasteiger partial charge on any atom is 0.255 e. The van der Waals surface area contributed by atoms with E-state index in [-0.39, 0.29) is 11.3 Å². The summed E-state index contributed by atoms with van der Waals surface area (Å²) in [6.45, 7) is 2.63. The predicted molar refractivity (Wildman–Crippen MR) is 97.5 cm³/mol. The van der Waals surface area contributed by atoms with Gasteiger partial charge in [-0.05, 0) is 24.1 Å². The molecule has 0 aromatic heterocycles. The lowest BCUT2D eigenvalue weighted by Gasteiger charge is -2.12. The number of carbonyl (C=O) groups is 1. The second-order valence-electron chi connectivity index (χ2n) is 5.72. The Hall–Kier alpha value is -1.70. The molecule has 0 bridgehead atoms. The number of rotatable bonds is 7. The highest BCUT2D eigenvalue weighted by Gasteiger charge is 2.14. The first kappa shape index (κ1) is 20.6. The molecule has 2 aromatic carbocycles. The molecule has 2 aromatic rings. The number of benzene rings is 2. The van der Waals surface area contributed by atoms with Gasteiger partial charge in [0, 0.05) is 47.7 Å². The maximum absolute atomic E-state index is 13.3. The van der Waals surface area contributed by atoms with E-state index in [4.69, 9.17) is 16.3 Å². The molecule has 1 amide bonds. The minimum absolute atomic E-state index is 0.177. The SMILES string of the molecule is COCC(C)CSc1cc(C(=O)Nc2cc(F)c(F)c(F)c2)ccc1Cl.